The number of hydrogen-bond donors (Lipinski definition) is 1. The molecule has 0 bridgehead atoms. The molecule has 0 spiro atoms. The molecule has 0 saturated carbocycles. The predicted octanol–water partition coefficient (Wildman–Crippen LogP) is 2.32. The number of aromatic nitrogens is 2. The number of carbonyl (C=O) groups is 1. The van der Waals surface area contributed by atoms with Crippen molar-refractivity contribution in [3.8, 4) is 0 Å². The highest BCUT2D eigenvalue weighted by Crippen LogP contribution is 2.11. The summed E-state index contributed by atoms with van der Waals surface area (Å²) in [6, 6.07) is 12.2. The highest BCUT2D eigenvalue weighted by Gasteiger charge is 2.16. The summed E-state index contributed by atoms with van der Waals surface area (Å²) >= 11 is 0. The fourth-order valence-electron chi connectivity index (χ4n) is 2.20. The van der Waals surface area contributed by atoms with E-state index in [1.54, 1.807) is 31.3 Å². The van der Waals surface area contributed by atoms with Gasteiger partial charge in [0.1, 0.15) is 5.82 Å². The van der Waals surface area contributed by atoms with Crippen LogP contribution in [0.15, 0.2) is 53.3 Å². The highest BCUT2D eigenvalue weighted by molar-refractivity contribution is 6.04. The molecular weight excluding hydrogens is 285 g/mol. The van der Waals surface area contributed by atoms with Crippen LogP contribution in [0.3, 0.4) is 0 Å². The number of carbonyl (C=O) groups excluding carboxylic acids is 1. The lowest BCUT2D eigenvalue weighted by molar-refractivity contribution is 0.101. The lowest BCUT2D eigenvalue weighted by Crippen LogP contribution is -2.26. The second kappa shape index (κ2) is 5.40. The average molecular weight is 297 g/mol. The zero-order chi connectivity index (χ0) is 15.7. The van der Waals surface area contributed by atoms with Gasteiger partial charge >= 0.3 is 0 Å². The number of hydrogen-bond acceptors (Lipinski definition) is 3. The Labute approximate surface area is 125 Å². The standard InChI is InChI=1S/C16H12FN3O2/c1-20-13-5-3-2-4-12(13)15(21)14(19-20)16(22)18-11-8-6-10(17)7-9-11/h2-9H,1H3,(H,18,22). The van der Waals surface area contributed by atoms with Crippen molar-refractivity contribution in [1.29, 1.82) is 0 Å². The van der Waals surface area contributed by atoms with Crippen molar-refractivity contribution in [2.24, 2.45) is 7.05 Å². The van der Waals surface area contributed by atoms with Gasteiger partial charge in [0, 0.05) is 18.1 Å². The number of amides is 1. The third kappa shape index (κ3) is 2.46. The molecule has 2 aromatic carbocycles. The van der Waals surface area contributed by atoms with Crippen molar-refractivity contribution in [3.05, 3.63) is 70.3 Å². The molecule has 3 rings (SSSR count). The van der Waals surface area contributed by atoms with Crippen molar-refractivity contribution in [2.75, 3.05) is 5.32 Å². The number of nitrogens with zero attached hydrogens (tertiary/aromatic N) is 2. The molecular formula is C16H12FN3O2. The van der Waals surface area contributed by atoms with Crippen LogP contribution >= 0.6 is 0 Å². The van der Waals surface area contributed by atoms with Crippen LogP contribution in [0, 0.1) is 5.82 Å². The maximum absolute atomic E-state index is 12.9. The Morgan fingerprint density at radius 1 is 1.14 bits per heavy atom. The maximum Gasteiger partial charge on any atom is 0.280 e. The van der Waals surface area contributed by atoms with Gasteiger partial charge in [-0.1, -0.05) is 12.1 Å². The summed E-state index contributed by atoms with van der Waals surface area (Å²) in [5.74, 6) is -1.03. The quantitative estimate of drug-likeness (QED) is 0.789. The zero-order valence-corrected chi connectivity index (χ0v) is 11.7. The molecule has 110 valence electrons. The summed E-state index contributed by atoms with van der Waals surface area (Å²) in [6.07, 6.45) is 0. The van der Waals surface area contributed by atoms with Gasteiger partial charge < -0.3 is 5.32 Å². The van der Waals surface area contributed by atoms with Crippen molar-refractivity contribution in [2.45, 2.75) is 0 Å². The fraction of sp³-hybridized carbons (Fsp3) is 0.0625. The molecule has 0 aliphatic rings. The first-order valence-electron chi connectivity index (χ1n) is 6.59. The summed E-state index contributed by atoms with van der Waals surface area (Å²) in [4.78, 5) is 24.6. The van der Waals surface area contributed by atoms with Crippen LogP contribution in [0.4, 0.5) is 10.1 Å². The van der Waals surface area contributed by atoms with Crippen molar-refractivity contribution in [3.63, 3.8) is 0 Å². The van der Waals surface area contributed by atoms with Gasteiger partial charge in [-0.05, 0) is 36.4 Å². The lowest BCUT2D eigenvalue weighted by atomic mass is 10.2. The van der Waals surface area contributed by atoms with Crippen molar-refractivity contribution in [1.82, 2.24) is 9.78 Å². The molecule has 1 amide bonds. The highest BCUT2D eigenvalue weighted by atomic mass is 19.1. The average Bonchev–Trinajstić information content (AvgIpc) is 2.53. The van der Waals surface area contributed by atoms with Gasteiger partial charge in [0.2, 0.25) is 5.43 Å². The largest absolute Gasteiger partial charge is 0.320 e. The number of halogens is 1. The number of para-hydroxylation sites is 1. The van der Waals surface area contributed by atoms with Crippen LogP contribution in [0.2, 0.25) is 0 Å². The van der Waals surface area contributed by atoms with Crippen LogP contribution in [-0.2, 0) is 7.05 Å². The predicted molar refractivity (Wildman–Crippen MR) is 81.3 cm³/mol. The molecule has 1 heterocycles. The molecule has 0 saturated heterocycles. The Balaban J connectivity index is 2.02. The van der Waals surface area contributed by atoms with E-state index in [-0.39, 0.29) is 5.69 Å². The van der Waals surface area contributed by atoms with Crippen LogP contribution in [0.25, 0.3) is 10.9 Å². The molecule has 6 heteroatoms. The Kier molecular flexibility index (Phi) is 3.42. The number of fused-ring (bicyclic) bond motifs is 1. The molecule has 5 nitrogen and oxygen atoms in total. The Morgan fingerprint density at radius 3 is 2.55 bits per heavy atom. The monoisotopic (exact) mass is 297 g/mol. The van der Waals surface area contributed by atoms with E-state index < -0.39 is 17.2 Å². The molecule has 0 fully saturated rings. The number of aryl methyl sites for hydroxylation is 1. The van der Waals surface area contributed by atoms with Crippen LogP contribution < -0.4 is 10.7 Å². The van der Waals surface area contributed by atoms with E-state index >= 15 is 0 Å². The summed E-state index contributed by atoms with van der Waals surface area (Å²) in [7, 11) is 1.66. The van der Waals surface area contributed by atoms with Crippen LogP contribution in [0.1, 0.15) is 10.5 Å². The minimum absolute atomic E-state index is 0.203. The Bertz CT molecular complexity index is 917. The van der Waals surface area contributed by atoms with E-state index in [4.69, 9.17) is 0 Å². The normalized spacial score (nSPS) is 10.6. The molecule has 0 radical (unpaired) electrons. The molecule has 1 aromatic heterocycles. The SMILES string of the molecule is Cn1nc(C(=O)Nc2ccc(F)cc2)c(=O)c2ccccc21. The van der Waals surface area contributed by atoms with Gasteiger partial charge in [-0.25, -0.2) is 4.39 Å². The second-order valence-corrected chi connectivity index (χ2v) is 4.78. The molecule has 0 unspecified atom stereocenters. The van der Waals surface area contributed by atoms with Crippen molar-refractivity contribution >= 4 is 22.5 Å². The maximum atomic E-state index is 12.9. The minimum atomic E-state index is -0.627. The topological polar surface area (TPSA) is 64.0 Å². The summed E-state index contributed by atoms with van der Waals surface area (Å²) < 4.78 is 14.3. The third-order valence-corrected chi connectivity index (χ3v) is 3.28. The molecule has 3 aromatic rings. The Hall–Kier alpha value is -3.02. The first-order chi connectivity index (χ1) is 10.6. The third-order valence-electron chi connectivity index (χ3n) is 3.28. The van der Waals surface area contributed by atoms with E-state index in [2.05, 4.69) is 10.4 Å². The van der Waals surface area contributed by atoms with Gasteiger partial charge in [0.25, 0.3) is 5.91 Å². The zero-order valence-electron chi connectivity index (χ0n) is 11.7. The number of anilines is 1. The number of benzene rings is 2. The van der Waals surface area contributed by atoms with E-state index in [1.165, 1.54) is 28.9 Å². The van der Waals surface area contributed by atoms with Gasteiger partial charge in [0.15, 0.2) is 5.69 Å². The molecule has 22 heavy (non-hydrogen) atoms. The fourth-order valence-corrected chi connectivity index (χ4v) is 2.20. The summed E-state index contributed by atoms with van der Waals surface area (Å²) in [6.45, 7) is 0. The number of nitrogens with one attached hydrogen (secondary N) is 1. The lowest BCUT2D eigenvalue weighted by Gasteiger charge is -2.08. The molecule has 1 N–H and O–H groups in total. The van der Waals surface area contributed by atoms with E-state index in [0.29, 0.717) is 16.6 Å². The van der Waals surface area contributed by atoms with Crippen LogP contribution in [0.5, 0.6) is 0 Å². The summed E-state index contributed by atoms with van der Waals surface area (Å²) in [5, 5.41) is 6.99. The van der Waals surface area contributed by atoms with E-state index in [0.717, 1.165) is 0 Å². The smallest absolute Gasteiger partial charge is 0.280 e. The first-order valence-corrected chi connectivity index (χ1v) is 6.59. The van der Waals surface area contributed by atoms with Gasteiger partial charge in [0.05, 0.1) is 5.52 Å². The number of rotatable bonds is 2. The van der Waals surface area contributed by atoms with E-state index in [1.807, 2.05) is 0 Å². The summed E-state index contributed by atoms with van der Waals surface area (Å²) in [5.41, 5.74) is 0.396. The first kappa shape index (κ1) is 13.9. The van der Waals surface area contributed by atoms with E-state index in [9.17, 15) is 14.0 Å². The van der Waals surface area contributed by atoms with Gasteiger partial charge in [-0.2, -0.15) is 5.10 Å². The molecule has 0 aliphatic carbocycles. The minimum Gasteiger partial charge on any atom is -0.320 e. The second-order valence-electron chi connectivity index (χ2n) is 4.78. The Morgan fingerprint density at radius 2 is 1.82 bits per heavy atom. The van der Waals surface area contributed by atoms with Crippen LogP contribution in [-0.4, -0.2) is 15.7 Å². The van der Waals surface area contributed by atoms with Gasteiger partial charge in [-0.15, -0.1) is 0 Å². The van der Waals surface area contributed by atoms with Gasteiger partial charge in [-0.3, -0.25) is 14.3 Å². The molecule has 0 atom stereocenters. The molecule has 0 aliphatic heterocycles. The van der Waals surface area contributed by atoms with Crippen molar-refractivity contribution < 1.29 is 9.18 Å².